The zero-order valence-corrected chi connectivity index (χ0v) is 15.1. The van der Waals surface area contributed by atoms with Crippen LogP contribution in [-0.4, -0.2) is 40.5 Å². The number of anilines is 1. The molecule has 2 aliphatic carbocycles. The molecule has 1 amide bonds. The second kappa shape index (κ2) is 5.72. The summed E-state index contributed by atoms with van der Waals surface area (Å²) in [5.41, 5.74) is 6.06. The summed E-state index contributed by atoms with van der Waals surface area (Å²) in [4.78, 5) is 12.7. The average molecular weight is 337 g/mol. The zero-order valence-electron chi connectivity index (χ0n) is 15.1. The molecule has 1 N–H and O–H groups in total. The summed E-state index contributed by atoms with van der Waals surface area (Å²) in [6, 6.07) is 6.20. The molecule has 2 bridgehead atoms. The van der Waals surface area contributed by atoms with Crippen LogP contribution >= 0.6 is 0 Å². The summed E-state index contributed by atoms with van der Waals surface area (Å²) in [5, 5.41) is 14.0. The Morgan fingerprint density at radius 1 is 1.32 bits per heavy atom. The molecule has 2 aromatic rings. The van der Waals surface area contributed by atoms with E-state index in [9.17, 15) is 4.79 Å². The first-order chi connectivity index (χ1) is 12.0. The fraction of sp³-hybridized carbons (Fsp3) is 0.421. The highest BCUT2D eigenvalue weighted by molar-refractivity contribution is 6.09. The molecule has 2 atom stereocenters. The van der Waals surface area contributed by atoms with Gasteiger partial charge in [-0.15, -0.1) is 0 Å². The minimum absolute atomic E-state index is 0.104. The van der Waals surface area contributed by atoms with E-state index < -0.39 is 0 Å². The van der Waals surface area contributed by atoms with Gasteiger partial charge in [0.25, 0.3) is 5.91 Å². The molecule has 0 spiro atoms. The van der Waals surface area contributed by atoms with Crippen molar-refractivity contribution in [2.24, 2.45) is 12.1 Å². The van der Waals surface area contributed by atoms with Gasteiger partial charge in [-0.25, -0.2) is 0 Å². The van der Waals surface area contributed by atoms with Crippen LogP contribution in [0.2, 0.25) is 0 Å². The molecule has 1 aromatic heterocycles. The lowest BCUT2D eigenvalue weighted by Gasteiger charge is -2.18. The first-order valence-corrected chi connectivity index (χ1v) is 8.66. The number of carbonyl (C=O) groups excluding carboxylic acids is 1. The van der Waals surface area contributed by atoms with Gasteiger partial charge < -0.3 is 10.3 Å². The van der Waals surface area contributed by atoms with Crippen LogP contribution in [0, 0.1) is 6.92 Å². The van der Waals surface area contributed by atoms with E-state index in [4.69, 9.17) is 5.10 Å². The standard InChI is InChI=1S/C19H23N5O/c1-11-15(10-24(4)21-11)19(25)20-16-7-5-6-12-13-8-9-14(17(12)16)18(13)22-23(2)3/h5-7,10,13-14H,8-9H2,1-4H3,(H,20,25). The fourth-order valence-corrected chi connectivity index (χ4v) is 4.25. The molecule has 2 aliphatic rings. The van der Waals surface area contributed by atoms with E-state index in [1.165, 1.54) is 16.8 Å². The van der Waals surface area contributed by atoms with E-state index >= 15 is 0 Å². The van der Waals surface area contributed by atoms with Gasteiger partial charge in [0.15, 0.2) is 0 Å². The van der Waals surface area contributed by atoms with Crippen molar-refractivity contribution in [1.82, 2.24) is 14.8 Å². The van der Waals surface area contributed by atoms with E-state index in [0.29, 0.717) is 17.4 Å². The number of hydrazone groups is 1. The number of nitrogens with one attached hydrogen (secondary N) is 1. The fourth-order valence-electron chi connectivity index (χ4n) is 4.25. The quantitative estimate of drug-likeness (QED) is 0.876. The predicted molar refractivity (Wildman–Crippen MR) is 98.2 cm³/mol. The molecule has 1 saturated carbocycles. The minimum atomic E-state index is -0.104. The van der Waals surface area contributed by atoms with E-state index in [1.54, 1.807) is 10.9 Å². The summed E-state index contributed by atoms with van der Waals surface area (Å²) < 4.78 is 1.67. The van der Waals surface area contributed by atoms with Crippen LogP contribution in [0.3, 0.4) is 0 Å². The van der Waals surface area contributed by atoms with Crippen molar-refractivity contribution in [1.29, 1.82) is 0 Å². The highest BCUT2D eigenvalue weighted by Crippen LogP contribution is 2.53. The van der Waals surface area contributed by atoms with Gasteiger partial charge in [0.1, 0.15) is 0 Å². The third-order valence-electron chi connectivity index (χ3n) is 5.14. The number of fused-ring (bicyclic) bond motifs is 5. The van der Waals surface area contributed by atoms with Gasteiger partial charge in [-0.1, -0.05) is 12.1 Å². The summed E-state index contributed by atoms with van der Waals surface area (Å²) >= 11 is 0. The molecule has 0 saturated heterocycles. The lowest BCUT2D eigenvalue weighted by Crippen LogP contribution is -2.15. The molecular weight excluding hydrogens is 314 g/mol. The Bertz CT molecular complexity index is 880. The number of benzene rings is 1. The van der Waals surface area contributed by atoms with Crippen molar-refractivity contribution in [3.8, 4) is 0 Å². The largest absolute Gasteiger partial charge is 0.322 e. The topological polar surface area (TPSA) is 62.5 Å². The lowest BCUT2D eigenvalue weighted by molar-refractivity contribution is 0.102. The van der Waals surface area contributed by atoms with Crippen LogP contribution in [0.1, 0.15) is 51.9 Å². The van der Waals surface area contributed by atoms with Crippen molar-refractivity contribution in [3.63, 3.8) is 0 Å². The average Bonchev–Trinajstić information content (AvgIpc) is 3.19. The highest BCUT2D eigenvalue weighted by Gasteiger charge is 2.44. The van der Waals surface area contributed by atoms with Gasteiger partial charge in [0.05, 0.1) is 17.0 Å². The van der Waals surface area contributed by atoms with E-state index in [-0.39, 0.29) is 5.91 Å². The van der Waals surface area contributed by atoms with Crippen molar-refractivity contribution in [2.45, 2.75) is 31.6 Å². The molecule has 2 unspecified atom stereocenters. The van der Waals surface area contributed by atoms with Crippen molar-refractivity contribution in [3.05, 3.63) is 46.8 Å². The number of aryl methyl sites for hydroxylation is 2. The first-order valence-electron chi connectivity index (χ1n) is 8.66. The summed E-state index contributed by atoms with van der Waals surface area (Å²) in [7, 11) is 5.75. The SMILES string of the molecule is Cc1nn(C)cc1C(=O)Nc1cccc2c1C1CCC2C1=NN(C)C. The van der Waals surface area contributed by atoms with E-state index in [0.717, 1.165) is 24.2 Å². The lowest BCUT2D eigenvalue weighted by atomic mass is 9.90. The van der Waals surface area contributed by atoms with Gasteiger partial charge in [0, 0.05) is 44.9 Å². The molecule has 25 heavy (non-hydrogen) atoms. The van der Waals surface area contributed by atoms with Crippen LogP contribution < -0.4 is 5.32 Å². The summed E-state index contributed by atoms with van der Waals surface area (Å²) in [5.74, 6) is 0.598. The highest BCUT2D eigenvalue weighted by atomic mass is 16.1. The molecular formula is C19H23N5O. The van der Waals surface area contributed by atoms with Gasteiger partial charge >= 0.3 is 0 Å². The number of nitrogens with zero attached hydrogens (tertiary/aromatic N) is 4. The molecule has 6 nitrogen and oxygen atoms in total. The van der Waals surface area contributed by atoms with Crippen LogP contribution in [0.25, 0.3) is 0 Å². The summed E-state index contributed by atoms with van der Waals surface area (Å²) in [6.45, 7) is 1.86. The Morgan fingerprint density at radius 3 is 2.76 bits per heavy atom. The first kappa shape index (κ1) is 15.9. The van der Waals surface area contributed by atoms with Crippen LogP contribution in [0.15, 0.2) is 29.5 Å². The van der Waals surface area contributed by atoms with Crippen LogP contribution in [0.5, 0.6) is 0 Å². The minimum Gasteiger partial charge on any atom is -0.322 e. The van der Waals surface area contributed by atoms with Gasteiger partial charge in [-0.3, -0.25) is 9.48 Å². The van der Waals surface area contributed by atoms with E-state index in [1.807, 2.05) is 45.2 Å². The number of aromatic nitrogens is 2. The maximum absolute atomic E-state index is 12.7. The Balaban J connectivity index is 1.69. The molecule has 130 valence electrons. The van der Waals surface area contributed by atoms with Crippen molar-refractivity contribution >= 4 is 17.3 Å². The van der Waals surface area contributed by atoms with Gasteiger partial charge in [-0.2, -0.15) is 10.2 Å². The maximum atomic E-state index is 12.7. The molecule has 1 heterocycles. The molecule has 0 aliphatic heterocycles. The Hall–Kier alpha value is -2.63. The van der Waals surface area contributed by atoms with Crippen LogP contribution in [-0.2, 0) is 7.05 Å². The number of rotatable bonds is 3. The smallest absolute Gasteiger partial charge is 0.259 e. The maximum Gasteiger partial charge on any atom is 0.259 e. The molecule has 4 rings (SSSR count). The number of carbonyl (C=O) groups is 1. The second-order valence-electron chi connectivity index (χ2n) is 7.12. The predicted octanol–water partition coefficient (Wildman–Crippen LogP) is 2.87. The Morgan fingerprint density at radius 2 is 2.08 bits per heavy atom. The van der Waals surface area contributed by atoms with E-state index in [2.05, 4.69) is 16.5 Å². The second-order valence-corrected chi connectivity index (χ2v) is 7.12. The van der Waals surface area contributed by atoms with Gasteiger partial charge in [0.2, 0.25) is 0 Å². The van der Waals surface area contributed by atoms with Crippen LogP contribution in [0.4, 0.5) is 5.69 Å². The Kier molecular flexibility index (Phi) is 3.63. The zero-order chi connectivity index (χ0) is 17.7. The third kappa shape index (κ3) is 2.52. The number of amides is 1. The third-order valence-corrected chi connectivity index (χ3v) is 5.14. The number of hydrogen-bond acceptors (Lipinski definition) is 4. The molecule has 0 radical (unpaired) electrons. The summed E-state index contributed by atoms with van der Waals surface area (Å²) in [6.07, 6.45) is 4.01. The van der Waals surface area contributed by atoms with Crippen molar-refractivity contribution < 1.29 is 4.79 Å². The number of hydrogen-bond donors (Lipinski definition) is 1. The normalized spacial score (nSPS) is 22.3. The monoisotopic (exact) mass is 337 g/mol. The molecule has 6 heteroatoms. The van der Waals surface area contributed by atoms with Crippen molar-refractivity contribution in [2.75, 3.05) is 19.4 Å². The van der Waals surface area contributed by atoms with Gasteiger partial charge in [-0.05, 0) is 37.0 Å². The molecule has 1 fully saturated rings. The Labute approximate surface area is 147 Å². The molecule has 1 aromatic carbocycles.